The van der Waals surface area contributed by atoms with Gasteiger partial charge in [-0.3, -0.25) is 9.59 Å². The van der Waals surface area contributed by atoms with Gasteiger partial charge in [-0.1, -0.05) is 0 Å². The van der Waals surface area contributed by atoms with Crippen LogP contribution in [0.1, 0.15) is 15.2 Å². The van der Waals surface area contributed by atoms with E-state index in [0.29, 0.717) is 26.3 Å². The number of benzene rings is 1. The number of fused-ring (bicyclic) bond motifs is 1. The summed E-state index contributed by atoms with van der Waals surface area (Å²) in [5.41, 5.74) is 1.17. The predicted octanol–water partition coefficient (Wildman–Crippen LogP) is 2.84. The van der Waals surface area contributed by atoms with Crippen molar-refractivity contribution in [1.82, 2.24) is 24.3 Å². The Morgan fingerprint density at radius 3 is 2.57 bits per heavy atom. The smallest absolute Gasteiger partial charge is 0.266 e. The molecule has 142 valence electrons. The molecule has 28 heavy (non-hydrogen) atoms. The Morgan fingerprint density at radius 2 is 1.89 bits per heavy atom. The molecule has 0 saturated heterocycles. The fourth-order valence-corrected chi connectivity index (χ4v) is 4.49. The SMILES string of the molecule is Cc1c(C(=O)Nc2ccc(Sc3nncn3C)cc2)sc2ncn(C)c(=O)c12. The van der Waals surface area contributed by atoms with Crippen LogP contribution in [0, 0.1) is 6.92 Å². The number of anilines is 1. The van der Waals surface area contributed by atoms with Gasteiger partial charge in [-0.25, -0.2) is 4.98 Å². The van der Waals surface area contributed by atoms with Gasteiger partial charge in [0.2, 0.25) is 0 Å². The zero-order chi connectivity index (χ0) is 19.8. The van der Waals surface area contributed by atoms with Gasteiger partial charge in [-0.05, 0) is 48.5 Å². The zero-order valence-corrected chi connectivity index (χ0v) is 17.0. The zero-order valence-electron chi connectivity index (χ0n) is 15.3. The molecule has 1 N–H and O–H groups in total. The van der Waals surface area contributed by atoms with Gasteiger partial charge >= 0.3 is 0 Å². The normalized spacial score (nSPS) is 11.1. The molecule has 0 aliphatic rings. The number of thiophene rings is 1. The lowest BCUT2D eigenvalue weighted by atomic mass is 10.2. The number of nitrogens with one attached hydrogen (secondary N) is 1. The molecule has 3 aromatic heterocycles. The minimum atomic E-state index is -0.253. The highest BCUT2D eigenvalue weighted by Gasteiger charge is 2.19. The molecule has 1 amide bonds. The third-order valence-corrected chi connectivity index (χ3v) is 6.47. The summed E-state index contributed by atoms with van der Waals surface area (Å²) >= 11 is 2.71. The van der Waals surface area contributed by atoms with Crippen molar-refractivity contribution >= 4 is 44.9 Å². The Labute approximate surface area is 168 Å². The van der Waals surface area contributed by atoms with Crippen molar-refractivity contribution in [2.75, 3.05) is 5.32 Å². The van der Waals surface area contributed by atoms with Gasteiger partial charge in [0.25, 0.3) is 11.5 Å². The topological polar surface area (TPSA) is 94.7 Å². The van der Waals surface area contributed by atoms with Crippen molar-refractivity contribution in [3.8, 4) is 0 Å². The average Bonchev–Trinajstić information content (AvgIpc) is 3.23. The summed E-state index contributed by atoms with van der Waals surface area (Å²) in [6.45, 7) is 1.78. The van der Waals surface area contributed by atoms with Crippen LogP contribution in [0.4, 0.5) is 5.69 Å². The standard InChI is InChI=1S/C18H16N6O2S2/c1-10-13-16(19-8-23(2)17(13)26)28-14(10)15(25)21-11-4-6-12(7-5-11)27-18-22-20-9-24(18)3/h4-9H,1-3H3,(H,21,25). The number of nitrogens with zero attached hydrogens (tertiary/aromatic N) is 5. The number of hydrogen-bond donors (Lipinski definition) is 1. The van der Waals surface area contributed by atoms with E-state index in [1.807, 2.05) is 35.9 Å². The molecule has 4 aromatic rings. The molecule has 0 aliphatic heterocycles. The van der Waals surface area contributed by atoms with Gasteiger partial charge in [0.1, 0.15) is 11.2 Å². The molecular weight excluding hydrogens is 396 g/mol. The van der Waals surface area contributed by atoms with Crippen LogP contribution in [0.15, 0.2) is 51.8 Å². The molecule has 1 aromatic carbocycles. The second-order valence-electron chi connectivity index (χ2n) is 6.20. The summed E-state index contributed by atoms with van der Waals surface area (Å²) in [7, 11) is 3.53. The van der Waals surface area contributed by atoms with E-state index in [0.717, 1.165) is 10.1 Å². The highest BCUT2D eigenvalue weighted by Crippen LogP contribution is 2.29. The molecule has 0 aliphatic carbocycles. The third-order valence-electron chi connectivity index (χ3n) is 4.21. The molecule has 0 fully saturated rings. The molecule has 0 bridgehead atoms. The van der Waals surface area contributed by atoms with Crippen LogP contribution in [0.2, 0.25) is 0 Å². The fraction of sp³-hybridized carbons (Fsp3) is 0.167. The molecule has 4 rings (SSSR count). The van der Waals surface area contributed by atoms with Gasteiger partial charge in [0.15, 0.2) is 5.16 Å². The number of rotatable bonds is 4. The Hall–Kier alpha value is -2.98. The summed E-state index contributed by atoms with van der Waals surface area (Å²) in [6, 6.07) is 7.47. The summed E-state index contributed by atoms with van der Waals surface area (Å²) < 4.78 is 3.25. The molecule has 0 spiro atoms. The van der Waals surface area contributed by atoms with Crippen LogP contribution in [0.25, 0.3) is 10.2 Å². The van der Waals surface area contributed by atoms with Crippen molar-refractivity contribution < 1.29 is 4.79 Å². The first-order valence-electron chi connectivity index (χ1n) is 8.32. The minimum absolute atomic E-state index is 0.150. The number of carbonyl (C=O) groups excluding carboxylic acids is 1. The second-order valence-corrected chi connectivity index (χ2v) is 8.24. The number of hydrogen-bond acceptors (Lipinski definition) is 7. The first-order chi connectivity index (χ1) is 13.4. The Balaban J connectivity index is 1.55. The Kier molecular flexibility index (Phi) is 4.73. The highest BCUT2D eigenvalue weighted by atomic mass is 32.2. The summed E-state index contributed by atoms with van der Waals surface area (Å²) in [5, 5.41) is 12.1. The Bertz CT molecular complexity index is 1240. The summed E-state index contributed by atoms with van der Waals surface area (Å²) in [6.07, 6.45) is 3.11. The average molecular weight is 413 g/mol. The van der Waals surface area contributed by atoms with Crippen molar-refractivity contribution in [1.29, 1.82) is 0 Å². The molecule has 0 unspecified atom stereocenters. The molecule has 3 heterocycles. The van der Waals surface area contributed by atoms with E-state index in [1.54, 1.807) is 20.3 Å². The maximum absolute atomic E-state index is 12.7. The van der Waals surface area contributed by atoms with Crippen molar-refractivity contribution in [3.05, 3.63) is 57.7 Å². The Morgan fingerprint density at radius 1 is 1.14 bits per heavy atom. The number of carbonyl (C=O) groups is 1. The van der Waals surface area contributed by atoms with E-state index in [-0.39, 0.29) is 11.5 Å². The number of amides is 1. The number of aryl methyl sites for hydroxylation is 3. The highest BCUT2D eigenvalue weighted by molar-refractivity contribution is 7.99. The van der Waals surface area contributed by atoms with Crippen molar-refractivity contribution in [2.24, 2.45) is 14.1 Å². The van der Waals surface area contributed by atoms with E-state index < -0.39 is 0 Å². The van der Waals surface area contributed by atoms with Crippen LogP contribution >= 0.6 is 23.1 Å². The van der Waals surface area contributed by atoms with Gasteiger partial charge < -0.3 is 14.5 Å². The summed E-state index contributed by atoms with van der Waals surface area (Å²) in [4.78, 5) is 31.3. The third kappa shape index (κ3) is 3.32. The first-order valence-corrected chi connectivity index (χ1v) is 9.95. The molecule has 10 heteroatoms. The van der Waals surface area contributed by atoms with Gasteiger partial charge in [-0.2, -0.15) is 0 Å². The van der Waals surface area contributed by atoms with Crippen molar-refractivity contribution in [2.45, 2.75) is 17.0 Å². The molecule has 8 nitrogen and oxygen atoms in total. The molecule has 0 saturated carbocycles. The lowest BCUT2D eigenvalue weighted by Crippen LogP contribution is -2.17. The quantitative estimate of drug-likeness (QED) is 0.554. The fourth-order valence-electron chi connectivity index (χ4n) is 2.69. The predicted molar refractivity (Wildman–Crippen MR) is 109 cm³/mol. The van der Waals surface area contributed by atoms with E-state index in [2.05, 4.69) is 20.5 Å². The van der Waals surface area contributed by atoms with E-state index in [1.165, 1.54) is 34.0 Å². The van der Waals surface area contributed by atoms with Crippen LogP contribution < -0.4 is 10.9 Å². The van der Waals surface area contributed by atoms with E-state index in [9.17, 15) is 9.59 Å². The van der Waals surface area contributed by atoms with Gasteiger partial charge in [0, 0.05) is 24.7 Å². The first kappa shape index (κ1) is 18.4. The lowest BCUT2D eigenvalue weighted by molar-refractivity contribution is 0.103. The second kappa shape index (κ2) is 7.21. The van der Waals surface area contributed by atoms with E-state index >= 15 is 0 Å². The van der Waals surface area contributed by atoms with E-state index in [4.69, 9.17) is 0 Å². The molecule has 0 atom stereocenters. The number of aromatic nitrogens is 5. The maximum Gasteiger partial charge on any atom is 0.266 e. The van der Waals surface area contributed by atoms with Crippen LogP contribution in [-0.2, 0) is 14.1 Å². The molecular formula is C18H16N6O2S2. The van der Waals surface area contributed by atoms with Gasteiger partial charge in [-0.15, -0.1) is 21.5 Å². The minimum Gasteiger partial charge on any atom is -0.321 e. The largest absolute Gasteiger partial charge is 0.321 e. The van der Waals surface area contributed by atoms with Crippen LogP contribution in [-0.4, -0.2) is 30.2 Å². The van der Waals surface area contributed by atoms with Gasteiger partial charge in [0.05, 0.1) is 16.6 Å². The lowest BCUT2D eigenvalue weighted by Gasteiger charge is -2.06. The van der Waals surface area contributed by atoms with Crippen LogP contribution in [0.5, 0.6) is 0 Å². The maximum atomic E-state index is 12.7. The monoisotopic (exact) mass is 412 g/mol. The summed E-state index contributed by atoms with van der Waals surface area (Å²) in [5.74, 6) is -0.253. The van der Waals surface area contributed by atoms with Crippen molar-refractivity contribution in [3.63, 3.8) is 0 Å². The van der Waals surface area contributed by atoms with Crippen LogP contribution in [0.3, 0.4) is 0 Å². The molecule has 0 radical (unpaired) electrons.